The quantitative estimate of drug-likeness (QED) is 0.909. The van der Waals surface area contributed by atoms with E-state index in [4.69, 9.17) is 4.74 Å². The first-order valence-electron chi connectivity index (χ1n) is 9.01. The van der Waals surface area contributed by atoms with Crippen LogP contribution in [0.1, 0.15) is 46.2 Å². The van der Waals surface area contributed by atoms with Crippen molar-refractivity contribution in [3.05, 3.63) is 29.8 Å². The molecule has 2 aliphatic rings. The van der Waals surface area contributed by atoms with E-state index in [0.717, 1.165) is 25.1 Å². The summed E-state index contributed by atoms with van der Waals surface area (Å²) in [7, 11) is 0. The number of nitrogens with zero attached hydrogens (tertiary/aromatic N) is 2. The second-order valence-electron chi connectivity index (χ2n) is 8.43. The summed E-state index contributed by atoms with van der Waals surface area (Å²) < 4.78 is 18.5. The van der Waals surface area contributed by atoms with Crippen molar-refractivity contribution in [3.8, 4) is 0 Å². The highest BCUT2D eigenvalue weighted by Gasteiger charge is 2.59. The van der Waals surface area contributed by atoms with Gasteiger partial charge in [0.25, 0.3) is 0 Å². The maximum absolute atomic E-state index is 13.0. The predicted octanol–water partition coefficient (Wildman–Crippen LogP) is 3.35. The molecule has 2 heterocycles. The maximum Gasteiger partial charge on any atom is 0.410 e. The van der Waals surface area contributed by atoms with Crippen molar-refractivity contribution in [3.63, 3.8) is 0 Å². The van der Waals surface area contributed by atoms with E-state index in [0.29, 0.717) is 25.0 Å². The van der Waals surface area contributed by atoms with Crippen molar-refractivity contribution in [1.82, 2.24) is 15.2 Å². The topological polar surface area (TPSA) is 54.5 Å². The summed E-state index contributed by atoms with van der Waals surface area (Å²) in [6, 6.07) is 3.49. The Morgan fingerprint density at radius 2 is 2.20 bits per heavy atom. The van der Waals surface area contributed by atoms with Crippen molar-refractivity contribution in [2.75, 3.05) is 13.1 Å². The largest absolute Gasteiger partial charge is 0.444 e. The Bertz CT molecular complexity index is 629. The van der Waals surface area contributed by atoms with Crippen LogP contribution in [0.4, 0.5) is 9.18 Å². The smallest absolute Gasteiger partial charge is 0.410 e. The van der Waals surface area contributed by atoms with E-state index in [9.17, 15) is 9.18 Å². The normalized spacial score (nSPS) is 28.9. The van der Waals surface area contributed by atoms with Gasteiger partial charge in [0, 0.05) is 31.1 Å². The summed E-state index contributed by atoms with van der Waals surface area (Å²) in [4.78, 5) is 18.4. The van der Waals surface area contributed by atoms with Crippen LogP contribution in [0.25, 0.3) is 0 Å². The minimum absolute atomic E-state index is 0.120. The van der Waals surface area contributed by atoms with E-state index >= 15 is 0 Å². The van der Waals surface area contributed by atoms with Crippen LogP contribution in [0.5, 0.6) is 0 Å². The number of hydrogen-bond donors (Lipinski definition) is 1. The molecule has 1 N–H and O–H groups in total. The van der Waals surface area contributed by atoms with Gasteiger partial charge in [0.2, 0.25) is 0 Å². The van der Waals surface area contributed by atoms with Crippen molar-refractivity contribution >= 4 is 6.09 Å². The number of aromatic nitrogens is 1. The molecule has 1 saturated carbocycles. The van der Waals surface area contributed by atoms with E-state index in [-0.39, 0.29) is 17.3 Å². The van der Waals surface area contributed by atoms with Crippen LogP contribution in [0.15, 0.2) is 18.3 Å². The summed E-state index contributed by atoms with van der Waals surface area (Å²) in [5, 5.41) is 3.58. The first-order chi connectivity index (χ1) is 11.7. The van der Waals surface area contributed by atoms with E-state index in [1.165, 1.54) is 12.3 Å². The molecule has 0 aromatic carbocycles. The molecule has 0 radical (unpaired) electrons. The van der Waals surface area contributed by atoms with Gasteiger partial charge < -0.3 is 15.0 Å². The number of amides is 1. The van der Waals surface area contributed by atoms with Crippen LogP contribution >= 0.6 is 0 Å². The molecule has 1 amide bonds. The number of pyridine rings is 1. The van der Waals surface area contributed by atoms with Gasteiger partial charge in [-0.2, -0.15) is 0 Å². The zero-order chi connectivity index (χ0) is 18.2. The lowest BCUT2D eigenvalue weighted by atomic mass is 9.87. The third-order valence-electron chi connectivity index (χ3n) is 5.34. The number of carbonyl (C=O) groups is 1. The van der Waals surface area contributed by atoms with Gasteiger partial charge in [0.15, 0.2) is 0 Å². The fourth-order valence-corrected chi connectivity index (χ4v) is 3.86. The fraction of sp³-hybridized carbons (Fsp3) is 0.684. The number of halogens is 1. The molecule has 3 atom stereocenters. The molecular weight excluding hydrogens is 321 g/mol. The van der Waals surface area contributed by atoms with Crippen molar-refractivity contribution in [1.29, 1.82) is 0 Å². The Kier molecular flexibility index (Phi) is 4.75. The third-order valence-corrected chi connectivity index (χ3v) is 5.34. The van der Waals surface area contributed by atoms with E-state index in [1.807, 2.05) is 25.7 Å². The molecule has 1 saturated heterocycles. The Morgan fingerprint density at radius 3 is 2.76 bits per heavy atom. The Hall–Kier alpha value is -1.69. The van der Waals surface area contributed by atoms with E-state index in [1.54, 1.807) is 6.07 Å². The van der Waals surface area contributed by atoms with Crippen LogP contribution < -0.4 is 5.32 Å². The van der Waals surface area contributed by atoms with Gasteiger partial charge in [0.05, 0.1) is 11.9 Å². The monoisotopic (exact) mass is 349 g/mol. The van der Waals surface area contributed by atoms with Crippen LogP contribution in [-0.4, -0.2) is 40.7 Å². The molecule has 138 valence electrons. The average Bonchev–Trinajstić information content (AvgIpc) is 3.15. The second-order valence-corrected chi connectivity index (χ2v) is 8.43. The van der Waals surface area contributed by atoms with E-state index < -0.39 is 5.60 Å². The lowest BCUT2D eigenvalue weighted by molar-refractivity contribution is 0.00915. The number of hydrogen-bond acceptors (Lipinski definition) is 4. The maximum atomic E-state index is 13.0. The number of piperidine rings is 1. The van der Waals surface area contributed by atoms with Gasteiger partial charge in [0.1, 0.15) is 11.4 Å². The fourth-order valence-electron chi connectivity index (χ4n) is 3.86. The number of ether oxygens (including phenoxy) is 1. The summed E-state index contributed by atoms with van der Waals surface area (Å²) in [5.74, 6) is 0.262. The summed E-state index contributed by atoms with van der Waals surface area (Å²) in [6.07, 6.45) is 3.04. The minimum atomic E-state index is -0.469. The average molecular weight is 349 g/mol. The summed E-state index contributed by atoms with van der Waals surface area (Å²) >= 11 is 0. The lowest BCUT2D eigenvalue weighted by Crippen LogP contribution is -2.53. The summed E-state index contributed by atoms with van der Waals surface area (Å²) in [6.45, 7) is 9.96. The van der Waals surface area contributed by atoms with Gasteiger partial charge in [-0.25, -0.2) is 9.18 Å². The molecule has 1 aromatic heterocycles. The number of carbonyl (C=O) groups excluding carboxylic acids is 1. The lowest BCUT2D eigenvalue weighted by Gasteiger charge is -2.40. The Balaban J connectivity index is 1.60. The number of rotatable bonds is 3. The molecule has 3 rings (SSSR count). The minimum Gasteiger partial charge on any atom is -0.444 e. The molecular formula is C19H28FN3O2. The molecule has 5 nitrogen and oxygen atoms in total. The number of likely N-dealkylation sites (tertiary alicyclic amines) is 1. The van der Waals surface area contributed by atoms with Gasteiger partial charge >= 0.3 is 6.09 Å². The standard InChI is InChI=1S/C19H28FN3O2/c1-13-9-19(13)12-23(17(24)25-18(2,3)4)8-7-16(19)22-11-15-6-5-14(20)10-21-15/h5-6,10,13,16,22H,7-9,11-12H2,1-4H3/t13-,16+,19?/m1/s1. The Labute approximate surface area is 148 Å². The molecule has 1 spiro atoms. The summed E-state index contributed by atoms with van der Waals surface area (Å²) in [5.41, 5.74) is 0.484. The zero-order valence-corrected chi connectivity index (χ0v) is 15.5. The van der Waals surface area contributed by atoms with Gasteiger partial charge in [-0.15, -0.1) is 0 Å². The van der Waals surface area contributed by atoms with Crippen LogP contribution in [0, 0.1) is 17.2 Å². The van der Waals surface area contributed by atoms with Gasteiger partial charge in [-0.05, 0) is 51.7 Å². The highest BCUT2D eigenvalue weighted by Crippen LogP contribution is 2.57. The van der Waals surface area contributed by atoms with Gasteiger partial charge in [-0.1, -0.05) is 6.92 Å². The molecule has 25 heavy (non-hydrogen) atoms. The van der Waals surface area contributed by atoms with Crippen molar-refractivity contribution in [2.24, 2.45) is 11.3 Å². The predicted molar refractivity (Wildman–Crippen MR) is 93.5 cm³/mol. The molecule has 1 aliphatic carbocycles. The van der Waals surface area contributed by atoms with Crippen LogP contribution in [-0.2, 0) is 11.3 Å². The molecule has 1 aromatic rings. The van der Waals surface area contributed by atoms with Crippen molar-refractivity contribution in [2.45, 2.75) is 58.7 Å². The second kappa shape index (κ2) is 6.56. The first-order valence-corrected chi connectivity index (χ1v) is 9.01. The molecule has 1 unspecified atom stereocenters. The van der Waals surface area contributed by atoms with Crippen LogP contribution in [0.3, 0.4) is 0 Å². The molecule has 6 heteroatoms. The molecule has 2 fully saturated rings. The molecule has 0 bridgehead atoms. The van der Waals surface area contributed by atoms with Crippen molar-refractivity contribution < 1.29 is 13.9 Å². The first kappa shape index (κ1) is 18.1. The van der Waals surface area contributed by atoms with Gasteiger partial charge in [-0.3, -0.25) is 4.98 Å². The highest BCUT2D eigenvalue weighted by atomic mass is 19.1. The van der Waals surface area contributed by atoms with E-state index in [2.05, 4.69) is 17.2 Å². The third kappa shape index (κ3) is 4.11. The zero-order valence-electron chi connectivity index (χ0n) is 15.5. The SMILES string of the molecule is C[C@@H]1CC12CN(C(=O)OC(C)(C)C)CC[C@@H]2NCc1ccc(F)cn1. The highest BCUT2D eigenvalue weighted by molar-refractivity contribution is 5.68. The van der Waals surface area contributed by atoms with Crippen LogP contribution in [0.2, 0.25) is 0 Å². The number of nitrogens with one attached hydrogen (secondary N) is 1. The molecule has 1 aliphatic heterocycles. The Morgan fingerprint density at radius 1 is 1.48 bits per heavy atom.